The van der Waals surface area contributed by atoms with Crippen molar-refractivity contribution in [1.82, 2.24) is 10.3 Å². The number of aromatic nitrogens is 1. The van der Waals surface area contributed by atoms with Gasteiger partial charge in [0.2, 0.25) is 11.8 Å². The van der Waals surface area contributed by atoms with Crippen LogP contribution in [-0.4, -0.2) is 51.6 Å². The van der Waals surface area contributed by atoms with Crippen molar-refractivity contribution in [3.63, 3.8) is 0 Å². The van der Waals surface area contributed by atoms with Crippen LogP contribution in [0.25, 0.3) is 0 Å². The molecule has 2 saturated heterocycles. The van der Waals surface area contributed by atoms with Gasteiger partial charge in [-0.3, -0.25) is 4.79 Å². The van der Waals surface area contributed by atoms with Gasteiger partial charge in [0.15, 0.2) is 8.32 Å². The van der Waals surface area contributed by atoms with Crippen LogP contribution in [-0.2, 0) is 15.8 Å². The molecule has 2 aliphatic heterocycles. The fraction of sp³-hybridized carbons (Fsp3) is 0.600. The van der Waals surface area contributed by atoms with Crippen LogP contribution in [0.4, 0.5) is 10.1 Å². The molecule has 0 aliphatic carbocycles. The molecule has 3 heterocycles. The number of aryl methyl sites for hydroxylation is 1. The molecule has 2 aliphatic rings. The lowest BCUT2D eigenvalue weighted by molar-refractivity contribution is -0.129. The Kier molecular flexibility index (Phi) is 7.97. The first-order valence-corrected chi connectivity index (χ1v) is 16.6. The maximum Gasteiger partial charge on any atom is 0.226 e. The lowest BCUT2D eigenvalue weighted by atomic mass is 9.68. The number of ether oxygens (including phenoxy) is 1. The summed E-state index contributed by atoms with van der Waals surface area (Å²) >= 11 is 0. The Bertz CT molecular complexity index is 1140. The van der Waals surface area contributed by atoms with E-state index in [1.807, 2.05) is 24.0 Å². The van der Waals surface area contributed by atoms with E-state index in [0.717, 1.165) is 22.5 Å². The van der Waals surface area contributed by atoms with Crippen LogP contribution in [0.1, 0.15) is 57.4 Å². The Labute approximate surface area is 228 Å². The van der Waals surface area contributed by atoms with Gasteiger partial charge in [-0.1, -0.05) is 52.0 Å². The predicted octanol–water partition coefficient (Wildman–Crippen LogP) is 6.00. The van der Waals surface area contributed by atoms with E-state index in [4.69, 9.17) is 9.16 Å². The van der Waals surface area contributed by atoms with Gasteiger partial charge >= 0.3 is 0 Å². The van der Waals surface area contributed by atoms with Crippen LogP contribution in [0.3, 0.4) is 0 Å². The molecular weight excluding hydrogens is 497 g/mol. The Balaban J connectivity index is 1.41. The van der Waals surface area contributed by atoms with Gasteiger partial charge in [0.25, 0.3) is 0 Å². The molecule has 6 nitrogen and oxygen atoms in total. The molecule has 4 rings (SSSR count). The zero-order valence-electron chi connectivity index (χ0n) is 24.2. The Morgan fingerprint density at radius 2 is 1.87 bits per heavy atom. The first-order valence-electron chi connectivity index (χ1n) is 13.7. The number of nitrogens with zero attached hydrogens (tertiary/aromatic N) is 2. The molecule has 0 saturated carbocycles. The topological polar surface area (TPSA) is 63.7 Å². The van der Waals surface area contributed by atoms with E-state index in [0.29, 0.717) is 38.7 Å². The van der Waals surface area contributed by atoms with E-state index in [2.05, 4.69) is 82.3 Å². The fourth-order valence-corrected chi connectivity index (χ4v) is 6.08. The van der Waals surface area contributed by atoms with Gasteiger partial charge in [0.05, 0.1) is 18.5 Å². The number of hydrogen-bond acceptors (Lipinski definition) is 5. The van der Waals surface area contributed by atoms with Gasteiger partial charge in [-0.05, 0) is 55.1 Å². The van der Waals surface area contributed by atoms with Gasteiger partial charge < -0.3 is 19.4 Å². The van der Waals surface area contributed by atoms with Crippen molar-refractivity contribution in [3.8, 4) is 5.88 Å². The van der Waals surface area contributed by atoms with Crippen LogP contribution in [0.15, 0.2) is 36.4 Å². The normalized spacial score (nSPS) is 23.2. The molecule has 8 heteroatoms. The molecule has 38 heavy (non-hydrogen) atoms. The number of nitrogens with one attached hydrogen (secondary N) is 1. The lowest BCUT2D eigenvalue weighted by Crippen LogP contribution is -2.48. The number of benzene rings is 1. The third-order valence-electron chi connectivity index (χ3n) is 9.18. The van der Waals surface area contributed by atoms with Crippen molar-refractivity contribution in [2.75, 3.05) is 31.1 Å². The van der Waals surface area contributed by atoms with Crippen molar-refractivity contribution >= 4 is 19.9 Å². The van der Waals surface area contributed by atoms with Crippen molar-refractivity contribution < 1.29 is 18.3 Å². The molecule has 3 atom stereocenters. The summed E-state index contributed by atoms with van der Waals surface area (Å²) in [6.45, 7) is 19.9. The third kappa shape index (κ3) is 5.76. The lowest BCUT2D eigenvalue weighted by Gasteiger charge is -2.40. The average molecular weight is 542 g/mol. The largest absolute Gasteiger partial charge is 0.473 e. The van der Waals surface area contributed by atoms with Crippen LogP contribution < -0.4 is 15.0 Å². The van der Waals surface area contributed by atoms with Gasteiger partial charge in [-0.2, -0.15) is 0 Å². The summed E-state index contributed by atoms with van der Waals surface area (Å²) in [7, 11) is -1.91. The number of halogens is 1. The predicted molar refractivity (Wildman–Crippen MR) is 153 cm³/mol. The SMILES string of the molecule is Cc1cc(N2CC(F)C2)cc(OCc2ccc([C@@H](C)[C@@]3(C)C(=O)NC[C@@H]3CO[Si](C)(C)C(C)(C)C)cc2)n1. The van der Waals surface area contributed by atoms with E-state index in [1.54, 1.807) is 0 Å². The minimum atomic E-state index is -1.91. The van der Waals surface area contributed by atoms with E-state index < -0.39 is 19.9 Å². The highest BCUT2D eigenvalue weighted by atomic mass is 28.4. The molecule has 1 aromatic carbocycles. The van der Waals surface area contributed by atoms with E-state index in [-0.39, 0.29) is 22.8 Å². The van der Waals surface area contributed by atoms with Crippen LogP contribution in [0, 0.1) is 18.3 Å². The Morgan fingerprint density at radius 1 is 1.21 bits per heavy atom. The highest BCUT2D eigenvalue weighted by molar-refractivity contribution is 6.74. The van der Waals surface area contributed by atoms with E-state index >= 15 is 0 Å². The number of pyridine rings is 1. The second-order valence-corrected chi connectivity index (χ2v) is 17.6. The zero-order valence-corrected chi connectivity index (χ0v) is 25.2. The molecule has 0 bridgehead atoms. The van der Waals surface area contributed by atoms with Gasteiger partial charge in [0.1, 0.15) is 12.8 Å². The first-order chi connectivity index (χ1) is 17.7. The molecule has 208 valence electrons. The van der Waals surface area contributed by atoms with Crippen LogP contribution in [0.5, 0.6) is 5.88 Å². The summed E-state index contributed by atoms with van der Waals surface area (Å²) in [6, 6.07) is 12.2. The van der Waals surface area contributed by atoms with Crippen molar-refractivity contribution in [1.29, 1.82) is 0 Å². The number of carbonyl (C=O) groups excluding carboxylic acids is 1. The molecule has 0 radical (unpaired) electrons. The highest BCUT2D eigenvalue weighted by Crippen LogP contribution is 2.46. The van der Waals surface area contributed by atoms with Crippen molar-refractivity contribution in [2.45, 2.75) is 78.4 Å². The Hall–Kier alpha value is -2.45. The summed E-state index contributed by atoms with van der Waals surface area (Å²) in [5.41, 5.74) is 3.40. The summed E-state index contributed by atoms with van der Waals surface area (Å²) in [5, 5.41) is 3.24. The van der Waals surface area contributed by atoms with Crippen molar-refractivity contribution in [2.24, 2.45) is 11.3 Å². The fourth-order valence-electron chi connectivity index (χ4n) is 5.03. The zero-order chi connectivity index (χ0) is 27.9. The minimum absolute atomic E-state index is 0.0323. The summed E-state index contributed by atoms with van der Waals surface area (Å²) in [5.74, 6) is 0.788. The monoisotopic (exact) mass is 541 g/mol. The third-order valence-corrected chi connectivity index (χ3v) is 13.7. The Morgan fingerprint density at radius 3 is 2.47 bits per heavy atom. The molecule has 2 aromatic rings. The van der Waals surface area contributed by atoms with Gasteiger partial charge in [0, 0.05) is 36.5 Å². The number of alkyl halides is 1. The summed E-state index contributed by atoms with van der Waals surface area (Å²) in [6.07, 6.45) is -0.758. The second-order valence-electron chi connectivity index (χ2n) is 12.8. The van der Waals surface area contributed by atoms with Crippen LogP contribution >= 0.6 is 0 Å². The summed E-state index contributed by atoms with van der Waals surface area (Å²) in [4.78, 5) is 19.6. The maximum absolute atomic E-state index is 13.3. The average Bonchev–Trinajstić information content (AvgIpc) is 3.12. The molecule has 0 unspecified atom stereocenters. The standard InChI is InChI=1S/C30H44FN3O3Si/c1-20-13-26(34-16-25(31)17-34)14-27(33-20)36-18-22-9-11-23(12-10-22)21(2)30(6)24(15-32-28(30)35)19-37-38(7,8)29(3,4)5/h9-14,21,24-25H,15-19H2,1-8H3,(H,32,35)/t21-,24-,30-/m1/s1. The van der Waals surface area contributed by atoms with Gasteiger partial charge in [-0.15, -0.1) is 0 Å². The van der Waals surface area contributed by atoms with E-state index in [1.165, 1.54) is 0 Å². The number of rotatable bonds is 9. The van der Waals surface area contributed by atoms with Crippen molar-refractivity contribution in [3.05, 3.63) is 53.2 Å². The molecule has 1 aromatic heterocycles. The molecule has 0 spiro atoms. The molecular formula is C30H44FN3O3Si. The second kappa shape index (κ2) is 10.6. The molecule has 1 amide bonds. The first kappa shape index (κ1) is 28.6. The molecule has 2 fully saturated rings. The van der Waals surface area contributed by atoms with E-state index in [9.17, 15) is 9.18 Å². The number of carbonyl (C=O) groups is 1. The maximum atomic E-state index is 13.3. The number of hydrogen-bond donors (Lipinski definition) is 1. The summed E-state index contributed by atoms with van der Waals surface area (Å²) < 4.78 is 25.8. The minimum Gasteiger partial charge on any atom is -0.473 e. The molecule has 1 N–H and O–H groups in total. The quantitative estimate of drug-likeness (QED) is 0.394. The van der Waals surface area contributed by atoms with Crippen LogP contribution in [0.2, 0.25) is 18.1 Å². The smallest absolute Gasteiger partial charge is 0.226 e. The van der Waals surface area contributed by atoms with Gasteiger partial charge in [-0.25, -0.2) is 9.37 Å². The number of anilines is 1. The highest BCUT2D eigenvalue weighted by Gasteiger charge is 2.51. The number of amides is 1.